The van der Waals surface area contributed by atoms with Gasteiger partial charge in [0.05, 0.1) is 0 Å². The van der Waals surface area contributed by atoms with Gasteiger partial charge in [-0.3, -0.25) is 0 Å². The van der Waals surface area contributed by atoms with E-state index < -0.39 is 0 Å². The molecule has 0 heterocycles. The van der Waals surface area contributed by atoms with E-state index in [-0.39, 0.29) is 6.03 Å². The molecule has 0 saturated heterocycles. The van der Waals surface area contributed by atoms with Crippen LogP contribution in [0.3, 0.4) is 0 Å². The van der Waals surface area contributed by atoms with Gasteiger partial charge in [-0.25, -0.2) is 4.79 Å². The maximum atomic E-state index is 11.8. The molecule has 2 rings (SSSR count). The lowest BCUT2D eigenvalue weighted by molar-refractivity contribution is 0.231. The summed E-state index contributed by atoms with van der Waals surface area (Å²) in [5.74, 6) is 1.31. The lowest BCUT2D eigenvalue weighted by Crippen LogP contribution is -2.40. The highest BCUT2D eigenvalue weighted by molar-refractivity contribution is 5.73. The van der Waals surface area contributed by atoms with Crippen molar-refractivity contribution in [2.45, 2.75) is 32.1 Å². The topological polar surface area (TPSA) is 67.1 Å². The quantitative estimate of drug-likeness (QED) is 0.752. The number of hydrogen-bond donors (Lipinski definition) is 3. The standard InChI is InChI=1S/C17H27N3O/c18-12-15-6-8-16(9-7-15)13-20-17(21)19-11-10-14-4-2-1-3-5-14/h1-5,15-16H,6-13,18H2,(H2,19,20,21). The summed E-state index contributed by atoms with van der Waals surface area (Å²) in [6.07, 6.45) is 5.66. The molecule has 0 radical (unpaired) electrons. The molecule has 1 fully saturated rings. The highest BCUT2D eigenvalue weighted by Gasteiger charge is 2.20. The lowest BCUT2D eigenvalue weighted by atomic mass is 9.82. The third-order valence-electron chi connectivity index (χ3n) is 4.39. The second-order valence-electron chi connectivity index (χ2n) is 5.99. The van der Waals surface area contributed by atoms with Gasteiger partial charge in [0.1, 0.15) is 0 Å². The number of urea groups is 1. The number of benzene rings is 1. The van der Waals surface area contributed by atoms with Crippen LogP contribution in [-0.4, -0.2) is 25.7 Å². The molecule has 4 nitrogen and oxygen atoms in total. The minimum absolute atomic E-state index is 0.0492. The second-order valence-corrected chi connectivity index (χ2v) is 5.99. The van der Waals surface area contributed by atoms with Gasteiger partial charge in [0, 0.05) is 13.1 Å². The van der Waals surface area contributed by atoms with Crippen LogP contribution in [-0.2, 0) is 6.42 Å². The molecule has 1 saturated carbocycles. The molecular weight excluding hydrogens is 262 g/mol. The first-order chi connectivity index (χ1) is 10.3. The number of carbonyl (C=O) groups is 1. The molecule has 0 aliphatic heterocycles. The Morgan fingerprint density at radius 2 is 1.71 bits per heavy atom. The lowest BCUT2D eigenvalue weighted by Gasteiger charge is -2.27. The zero-order valence-electron chi connectivity index (χ0n) is 12.7. The SMILES string of the molecule is NCC1CCC(CNC(=O)NCCc2ccccc2)CC1. The van der Waals surface area contributed by atoms with Crippen LogP contribution in [0.2, 0.25) is 0 Å². The highest BCUT2D eigenvalue weighted by atomic mass is 16.2. The maximum absolute atomic E-state index is 11.8. The number of hydrogen-bond acceptors (Lipinski definition) is 2. The summed E-state index contributed by atoms with van der Waals surface area (Å²) >= 11 is 0. The Hall–Kier alpha value is -1.55. The van der Waals surface area contributed by atoms with Gasteiger partial charge < -0.3 is 16.4 Å². The molecule has 0 bridgehead atoms. The molecule has 1 aliphatic rings. The van der Waals surface area contributed by atoms with Gasteiger partial charge in [-0.1, -0.05) is 30.3 Å². The molecule has 0 unspecified atom stereocenters. The zero-order chi connectivity index (χ0) is 14.9. The van der Waals surface area contributed by atoms with E-state index in [1.807, 2.05) is 18.2 Å². The second kappa shape index (κ2) is 8.67. The summed E-state index contributed by atoms with van der Waals surface area (Å²) in [4.78, 5) is 11.8. The average molecular weight is 289 g/mol. The molecule has 1 aliphatic carbocycles. The van der Waals surface area contributed by atoms with E-state index in [0.29, 0.717) is 18.4 Å². The first-order valence-electron chi connectivity index (χ1n) is 8.03. The van der Waals surface area contributed by atoms with Crippen molar-refractivity contribution in [1.29, 1.82) is 0 Å². The fourth-order valence-corrected chi connectivity index (χ4v) is 2.94. The molecule has 1 aromatic carbocycles. The molecule has 0 spiro atoms. The first-order valence-corrected chi connectivity index (χ1v) is 8.03. The van der Waals surface area contributed by atoms with Crippen LogP contribution in [0.5, 0.6) is 0 Å². The maximum Gasteiger partial charge on any atom is 0.314 e. The summed E-state index contributed by atoms with van der Waals surface area (Å²) < 4.78 is 0. The van der Waals surface area contributed by atoms with Crippen LogP contribution in [0, 0.1) is 11.8 Å². The Balaban J connectivity index is 1.56. The first kappa shape index (κ1) is 15.8. The summed E-state index contributed by atoms with van der Waals surface area (Å²) in [5.41, 5.74) is 6.94. The Labute approximate surface area is 127 Å². The van der Waals surface area contributed by atoms with E-state index in [9.17, 15) is 4.79 Å². The van der Waals surface area contributed by atoms with Crippen molar-refractivity contribution < 1.29 is 4.79 Å². The van der Waals surface area contributed by atoms with Crippen molar-refractivity contribution in [2.24, 2.45) is 17.6 Å². The fourth-order valence-electron chi connectivity index (χ4n) is 2.94. The predicted octanol–water partition coefficient (Wildman–Crippen LogP) is 2.29. The van der Waals surface area contributed by atoms with E-state index in [2.05, 4.69) is 22.8 Å². The van der Waals surface area contributed by atoms with E-state index >= 15 is 0 Å². The van der Waals surface area contributed by atoms with Gasteiger partial charge in [0.25, 0.3) is 0 Å². The van der Waals surface area contributed by atoms with Gasteiger partial charge in [0.15, 0.2) is 0 Å². The molecule has 4 heteroatoms. The van der Waals surface area contributed by atoms with Crippen molar-refractivity contribution in [3.8, 4) is 0 Å². The van der Waals surface area contributed by atoms with E-state index in [1.54, 1.807) is 0 Å². The van der Waals surface area contributed by atoms with Crippen LogP contribution in [0.4, 0.5) is 4.79 Å². The van der Waals surface area contributed by atoms with Crippen LogP contribution in [0.1, 0.15) is 31.2 Å². The summed E-state index contributed by atoms with van der Waals surface area (Å²) in [6.45, 7) is 2.27. The van der Waals surface area contributed by atoms with E-state index in [0.717, 1.165) is 19.5 Å². The molecule has 2 amide bonds. The predicted molar refractivity (Wildman–Crippen MR) is 86.0 cm³/mol. The molecular formula is C17H27N3O. The van der Waals surface area contributed by atoms with Gasteiger partial charge in [-0.15, -0.1) is 0 Å². The largest absolute Gasteiger partial charge is 0.338 e. The van der Waals surface area contributed by atoms with Crippen molar-refractivity contribution in [1.82, 2.24) is 10.6 Å². The van der Waals surface area contributed by atoms with Crippen molar-refractivity contribution in [3.63, 3.8) is 0 Å². The number of nitrogens with one attached hydrogen (secondary N) is 2. The molecule has 0 atom stereocenters. The van der Waals surface area contributed by atoms with E-state index in [4.69, 9.17) is 5.73 Å². The Kier molecular flexibility index (Phi) is 6.54. The molecule has 1 aromatic rings. The molecule has 0 aromatic heterocycles. The van der Waals surface area contributed by atoms with Crippen LogP contribution >= 0.6 is 0 Å². The number of carbonyl (C=O) groups excluding carboxylic acids is 1. The van der Waals surface area contributed by atoms with Gasteiger partial charge in [-0.2, -0.15) is 0 Å². The van der Waals surface area contributed by atoms with Gasteiger partial charge in [-0.05, 0) is 56.0 Å². The van der Waals surface area contributed by atoms with Gasteiger partial charge >= 0.3 is 6.03 Å². The molecule has 4 N–H and O–H groups in total. The third kappa shape index (κ3) is 5.76. The van der Waals surface area contributed by atoms with Crippen molar-refractivity contribution >= 4 is 6.03 Å². The minimum atomic E-state index is -0.0492. The number of nitrogens with two attached hydrogens (primary N) is 1. The van der Waals surface area contributed by atoms with Crippen molar-refractivity contribution in [3.05, 3.63) is 35.9 Å². The Bertz CT molecular complexity index is 413. The van der Waals surface area contributed by atoms with Gasteiger partial charge in [0.2, 0.25) is 0 Å². The summed E-state index contributed by atoms with van der Waals surface area (Å²) in [7, 11) is 0. The molecule has 21 heavy (non-hydrogen) atoms. The van der Waals surface area contributed by atoms with Crippen LogP contribution in [0.15, 0.2) is 30.3 Å². The number of amides is 2. The average Bonchev–Trinajstić information content (AvgIpc) is 2.54. The Morgan fingerprint density at radius 1 is 1.05 bits per heavy atom. The minimum Gasteiger partial charge on any atom is -0.338 e. The zero-order valence-corrected chi connectivity index (χ0v) is 12.7. The van der Waals surface area contributed by atoms with E-state index in [1.165, 1.54) is 31.2 Å². The smallest absolute Gasteiger partial charge is 0.314 e. The monoisotopic (exact) mass is 289 g/mol. The summed E-state index contributed by atoms with van der Waals surface area (Å²) in [6, 6.07) is 10.2. The normalized spacial score (nSPS) is 21.8. The summed E-state index contributed by atoms with van der Waals surface area (Å²) in [5, 5.41) is 5.91. The fraction of sp³-hybridized carbons (Fsp3) is 0.588. The van der Waals surface area contributed by atoms with Crippen LogP contribution in [0.25, 0.3) is 0 Å². The Morgan fingerprint density at radius 3 is 2.38 bits per heavy atom. The number of rotatable bonds is 6. The van der Waals surface area contributed by atoms with Crippen LogP contribution < -0.4 is 16.4 Å². The molecule has 116 valence electrons. The van der Waals surface area contributed by atoms with Crippen molar-refractivity contribution in [2.75, 3.05) is 19.6 Å². The highest BCUT2D eigenvalue weighted by Crippen LogP contribution is 2.27. The third-order valence-corrected chi connectivity index (χ3v) is 4.39.